The molecule has 0 aromatic heterocycles. The fourth-order valence-electron chi connectivity index (χ4n) is 2.26. The summed E-state index contributed by atoms with van der Waals surface area (Å²) < 4.78 is 31.7. The largest absolute Gasteiger partial charge is 0.443 e. The van der Waals surface area contributed by atoms with E-state index in [0.717, 1.165) is 11.0 Å². The molecular weight excluding hydrogens is 306 g/mol. The zero-order valence-corrected chi connectivity index (χ0v) is 13.4. The van der Waals surface area contributed by atoms with Crippen molar-refractivity contribution in [3.05, 3.63) is 35.4 Å². The normalized spacial score (nSPS) is 16.6. The van der Waals surface area contributed by atoms with Gasteiger partial charge in [-0.2, -0.15) is 0 Å². The Morgan fingerprint density at radius 1 is 1.26 bits per heavy atom. The van der Waals surface area contributed by atoms with Crippen LogP contribution in [0.1, 0.15) is 26.3 Å². The van der Waals surface area contributed by atoms with Crippen molar-refractivity contribution < 1.29 is 23.1 Å². The topological polar surface area (TPSA) is 49.9 Å². The average Bonchev–Trinajstić information content (AvgIpc) is 2.40. The van der Waals surface area contributed by atoms with E-state index in [4.69, 9.17) is 4.74 Å². The molecule has 1 heterocycles. The summed E-state index contributed by atoms with van der Waals surface area (Å²) in [5.74, 6) is -1.68. The van der Waals surface area contributed by atoms with E-state index in [0.29, 0.717) is 12.1 Å². The summed E-state index contributed by atoms with van der Waals surface area (Å²) in [5.41, 5.74) is -0.365. The third-order valence-corrected chi connectivity index (χ3v) is 3.32. The highest BCUT2D eigenvalue weighted by molar-refractivity contribution is 5.93. The van der Waals surface area contributed by atoms with Gasteiger partial charge in [0, 0.05) is 31.3 Å². The van der Waals surface area contributed by atoms with E-state index in [9.17, 15) is 18.4 Å². The Hall–Kier alpha value is -2.02. The molecular formula is C16H20F2N2O3. The number of piperazine rings is 1. The van der Waals surface area contributed by atoms with Gasteiger partial charge in [-0.05, 0) is 26.8 Å². The van der Waals surface area contributed by atoms with Crippen molar-refractivity contribution in [2.75, 3.05) is 19.6 Å². The molecule has 1 aromatic carbocycles. The number of halogens is 2. The monoisotopic (exact) mass is 326 g/mol. The van der Waals surface area contributed by atoms with Gasteiger partial charge in [-0.15, -0.1) is 0 Å². The van der Waals surface area contributed by atoms with Crippen LogP contribution in [-0.4, -0.2) is 47.0 Å². The van der Waals surface area contributed by atoms with Crippen LogP contribution in [0.25, 0.3) is 0 Å². The fourth-order valence-corrected chi connectivity index (χ4v) is 2.26. The number of hydrogen-bond acceptors (Lipinski definition) is 4. The number of nitrogens with zero attached hydrogens (tertiary/aromatic N) is 2. The standard InChI is InChI=1S/C16H20F2N2O3/c1-16(2,3)23-15(22)20-7-6-19(10-14(20)21)9-11-4-5-12(17)8-13(11)18/h4-5,8H,6-7,9-10H2,1-3H3. The van der Waals surface area contributed by atoms with Crippen molar-refractivity contribution in [3.63, 3.8) is 0 Å². The van der Waals surface area contributed by atoms with Gasteiger partial charge in [-0.25, -0.2) is 18.5 Å². The molecule has 0 saturated carbocycles. The van der Waals surface area contributed by atoms with Crippen molar-refractivity contribution in [2.45, 2.75) is 32.9 Å². The van der Waals surface area contributed by atoms with Crippen LogP contribution >= 0.6 is 0 Å². The van der Waals surface area contributed by atoms with Gasteiger partial charge in [-0.3, -0.25) is 9.69 Å². The molecule has 2 rings (SSSR count). The molecule has 0 aliphatic carbocycles. The molecule has 7 heteroatoms. The number of amides is 2. The van der Waals surface area contributed by atoms with Crippen LogP contribution in [0.4, 0.5) is 13.6 Å². The predicted molar refractivity (Wildman–Crippen MR) is 79.6 cm³/mol. The van der Waals surface area contributed by atoms with E-state index in [2.05, 4.69) is 0 Å². The van der Waals surface area contributed by atoms with Crippen LogP contribution in [0.5, 0.6) is 0 Å². The highest BCUT2D eigenvalue weighted by Gasteiger charge is 2.32. The minimum absolute atomic E-state index is 0.0178. The molecule has 23 heavy (non-hydrogen) atoms. The Morgan fingerprint density at radius 2 is 1.96 bits per heavy atom. The molecule has 0 spiro atoms. The Bertz CT molecular complexity index is 614. The Morgan fingerprint density at radius 3 is 2.52 bits per heavy atom. The third-order valence-electron chi connectivity index (χ3n) is 3.32. The Kier molecular flexibility index (Phi) is 4.99. The van der Waals surface area contributed by atoms with Gasteiger partial charge in [0.1, 0.15) is 17.2 Å². The highest BCUT2D eigenvalue weighted by atomic mass is 19.1. The summed E-state index contributed by atoms with van der Waals surface area (Å²) >= 11 is 0. The third kappa shape index (κ3) is 4.72. The average molecular weight is 326 g/mol. The van der Waals surface area contributed by atoms with Crippen molar-refractivity contribution in [2.24, 2.45) is 0 Å². The van der Waals surface area contributed by atoms with Crippen LogP contribution in [0.15, 0.2) is 18.2 Å². The lowest BCUT2D eigenvalue weighted by atomic mass is 10.1. The zero-order chi connectivity index (χ0) is 17.2. The van der Waals surface area contributed by atoms with Crippen molar-refractivity contribution >= 4 is 12.0 Å². The zero-order valence-electron chi connectivity index (χ0n) is 13.4. The van der Waals surface area contributed by atoms with Gasteiger partial charge in [-0.1, -0.05) is 6.07 Å². The molecule has 1 fully saturated rings. The van der Waals surface area contributed by atoms with Crippen LogP contribution < -0.4 is 0 Å². The van der Waals surface area contributed by atoms with Crippen LogP contribution in [0, 0.1) is 11.6 Å². The number of carbonyl (C=O) groups excluding carboxylic acids is 2. The molecule has 126 valence electrons. The van der Waals surface area contributed by atoms with Gasteiger partial charge in [0.25, 0.3) is 0 Å². The maximum absolute atomic E-state index is 13.7. The fraction of sp³-hybridized carbons (Fsp3) is 0.500. The lowest BCUT2D eigenvalue weighted by Gasteiger charge is -2.34. The smallest absolute Gasteiger partial charge is 0.417 e. The summed E-state index contributed by atoms with van der Waals surface area (Å²) in [4.78, 5) is 26.8. The Balaban J connectivity index is 1.96. The molecule has 2 amide bonds. The first-order valence-electron chi connectivity index (χ1n) is 7.35. The van der Waals surface area contributed by atoms with Crippen molar-refractivity contribution in [1.82, 2.24) is 9.80 Å². The highest BCUT2D eigenvalue weighted by Crippen LogP contribution is 2.16. The first-order chi connectivity index (χ1) is 10.7. The second-order valence-corrected chi connectivity index (χ2v) is 6.47. The molecule has 0 atom stereocenters. The SMILES string of the molecule is CC(C)(C)OC(=O)N1CCN(Cc2ccc(F)cc2F)CC1=O. The maximum Gasteiger partial charge on any atom is 0.417 e. The minimum Gasteiger partial charge on any atom is -0.443 e. The van der Waals surface area contributed by atoms with Crippen molar-refractivity contribution in [3.8, 4) is 0 Å². The summed E-state index contributed by atoms with van der Waals surface area (Å²) in [6.45, 7) is 5.92. The van der Waals surface area contributed by atoms with Gasteiger partial charge >= 0.3 is 6.09 Å². The quantitative estimate of drug-likeness (QED) is 0.838. The summed E-state index contributed by atoms with van der Waals surface area (Å²) in [5, 5.41) is 0. The van der Waals surface area contributed by atoms with Crippen LogP contribution in [-0.2, 0) is 16.1 Å². The maximum atomic E-state index is 13.7. The number of imide groups is 1. The van der Waals surface area contributed by atoms with E-state index in [1.807, 2.05) is 0 Å². The lowest BCUT2D eigenvalue weighted by Crippen LogP contribution is -2.53. The molecule has 0 unspecified atom stereocenters. The van der Waals surface area contributed by atoms with Gasteiger partial charge < -0.3 is 4.74 Å². The van der Waals surface area contributed by atoms with E-state index < -0.39 is 29.2 Å². The molecule has 0 bridgehead atoms. The molecule has 1 aliphatic heterocycles. The number of ether oxygens (including phenoxy) is 1. The van der Waals surface area contributed by atoms with E-state index in [1.54, 1.807) is 25.7 Å². The molecule has 1 saturated heterocycles. The first kappa shape index (κ1) is 17.3. The van der Waals surface area contributed by atoms with Crippen molar-refractivity contribution in [1.29, 1.82) is 0 Å². The lowest BCUT2D eigenvalue weighted by molar-refractivity contribution is -0.135. The molecule has 0 radical (unpaired) electrons. The molecule has 5 nitrogen and oxygen atoms in total. The number of carbonyl (C=O) groups is 2. The van der Waals surface area contributed by atoms with Crippen LogP contribution in [0.2, 0.25) is 0 Å². The summed E-state index contributed by atoms with van der Waals surface area (Å²) in [7, 11) is 0. The Labute approximate surface area is 133 Å². The number of rotatable bonds is 2. The molecule has 1 aromatic rings. The van der Waals surface area contributed by atoms with E-state index in [-0.39, 0.29) is 19.6 Å². The minimum atomic E-state index is -0.675. The molecule has 0 N–H and O–H groups in total. The van der Waals surface area contributed by atoms with Gasteiger partial charge in [0.05, 0.1) is 6.54 Å². The summed E-state index contributed by atoms with van der Waals surface area (Å²) in [6.07, 6.45) is -0.671. The first-order valence-corrected chi connectivity index (χ1v) is 7.35. The molecule has 1 aliphatic rings. The second kappa shape index (κ2) is 6.62. The number of benzene rings is 1. The van der Waals surface area contributed by atoms with E-state index in [1.165, 1.54) is 12.1 Å². The second-order valence-electron chi connectivity index (χ2n) is 6.47. The predicted octanol–water partition coefficient (Wildman–Crippen LogP) is 2.54. The number of hydrogen-bond donors (Lipinski definition) is 0. The van der Waals surface area contributed by atoms with Gasteiger partial charge in [0.15, 0.2) is 0 Å². The van der Waals surface area contributed by atoms with E-state index >= 15 is 0 Å². The van der Waals surface area contributed by atoms with Gasteiger partial charge in [0.2, 0.25) is 5.91 Å². The summed E-state index contributed by atoms with van der Waals surface area (Å²) in [6, 6.07) is 3.35. The van der Waals surface area contributed by atoms with Crippen LogP contribution in [0.3, 0.4) is 0 Å².